The van der Waals surface area contributed by atoms with Gasteiger partial charge in [-0.05, 0) is 30.7 Å². The Hall–Kier alpha value is -1.69. The lowest BCUT2D eigenvalue weighted by atomic mass is 10.1. The Labute approximate surface area is 121 Å². The first-order chi connectivity index (χ1) is 9.78. The molecule has 0 saturated carbocycles. The summed E-state index contributed by atoms with van der Waals surface area (Å²) in [5, 5.41) is 4.45. The van der Waals surface area contributed by atoms with Crippen molar-refractivity contribution in [3.8, 4) is 17.2 Å². The van der Waals surface area contributed by atoms with Gasteiger partial charge < -0.3 is 15.0 Å². The van der Waals surface area contributed by atoms with E-state index in [1.807, 2.05) is 23.9 Å². The van der Waals surface area contributed by atoms with Gasteiger partial charge in [0.15, 0.2) is 5.82 Å². The molecule has 1 unspecified atom stereocenters. The van der Waals surface area contributed by atoms with E-state index < -0.39 is 0 Å². The summed E-state index contributed by atoms with van der Waals surface area (Å²) >= 11 is 1.90. The molecule has 20 heavy (non-hydrogen) atoms. The summed E-state index contributed by atoms with van der Waals surface area (Å²) in [5.74, 6) is 3.14. The first-order valence-corrected chi connectivity index (χ1v) is 7.72. The van der Waals surface area contributed by atoms with E-state index in [1.165, 1.54) is 18.6 Å². The molecule has 2 aromatic rings. The van der Waals surface area contributed by atoms with Gasteiger partial charge in [0.2, 0.25) is 0 Å². The molecular weight excluding hydrogens is 274 g/mol. The Morgan fingerprint density at radius 3 is 3.00 bits per heavy atom. The van der Waals surface area contributed by atoms with Crippen molar-refractivity contribution in [2.45, 2.75) is 24.5 Å². The maximum atomic E-state index is 6.00. The number of hydrogen-bond acceptors (Lipinski definition) is 6. The average molecular weight is 291 g/mol. The van der Waals surface area contributed by atoms with Crippen LogP contribution in [0.1, 0.15) is 30.3 Å². The van der Waals surface area contributed by atoms with E-state index in [0.29, 0.717) is 22.6 Å². The highest BCUT2D eigenvalue weighted by Crippen LogP contribution is 2.38. The summed E-state index contributed by atoms with van der Waals surface area (Å²) in [6.07, 6.45) is 3.62. The van der Waals surface area contributed by atoms with Crippen molar-refractivity contribution in [1.82, 2.24) is 10.1 Å². The fraction of sp³-hybridized carbons (Fsp3) is 0.429. The van der Waals surface area contributed by atoms with Gasteiger partial charge >= 0.3 is 0 Å². The van der Waals surface area contributed by atoms with E-state index in [4.69, 9.17) is 15.0 Å². The molecule has 2 N–H and O–H groups in total. The first-order valence-electron chi connectivity index (χ1n) is 6.67. The number of benzene rings is 1. The van der Waals surface area contributed by atoms with E-state index in [1.54, 1.807) is 13.2 Å². The number of rotatable bonds is 3. The zero-order chi connectivity index (χ0) is 13.9. The van der Waals surface area contributed by atoms with Crippen LogP contribution in [0.25, 0.3) is 11.5 Å². The van der Waals surface area contributed by atoms with Gasteiger partial charge in [-0.15, -0.1) is 0 Å². The smallest absolute Gasteiger partial charge is 0.260 e. The molecule has 1 aromatic heterocycles. The number of nitrogens with zero attached hydrogens (tertiary/aromatic N) is 2. The predicted molar refractivity (Wildman–Crippen MR) is 79.7 cm³/mol. The van der Waals surface area contributed by atoms with Crippen LogP contribution < -0.4 is 10.5 Å². The molecule has 1 aliphatic rings. The van der Waals surface area contributed by atoms with Gasteiger partial charge in [-0.1, -0.05) is 11.6 Å². The number of ether oxygens (including phenoxy) is 1. The number of anilines is 1. The van der Waals surface area contributed by atoms with E-state index >= 15 is 0 Å². The molecule has 1 aromatic carbocycles. The third kappa shape index (κ3) is 2.60. The number of thioether (sulfide) groups is 1. The van der Waals surface area contributed by atoms with Crippen molar-refractivity contribution >= 4 is 17.4 Å². The molecular formula is C14H17N3O2S. The van der Waals surface area contributed by atoms with E-state index in [0.717, 1.165) is 17.8 Å². The van der Waals surface area contributed by atoms with E-state index in [9.17, 15) is 0 Å². The van der Waals surface area contributed by atoms with Gasteiger partial charge in [-0.3, -0.25) is 0 Å². The number of methoxy groups -OCH3 is 1. The van der Waals surface area contributed by atoms with Crippen molar-refractivity contribution < 1.29 is 9.26 Å². The Balaban J connectivity index is 1.85. The van der Waals surface area contributed by atoms with Crippen molar-refractivity contribution in [3.05, 3.63) is 24.0 Å². The number of hydrogen-bond donors (Lipinski definition) is 1. The molecule has 3 rings (SSSR count). The lowest BCUT2D eigenvalue weighted by Crippen LogP contribution is -2.03. The van der Waals surface area contributed by atoms with Crippen molar-refractivity contribution in [2.75, 3.05) is 18.6 Å². The quantitative estimate of drug-likeness (QED) is 0.875. The minimum absolute atomic E-state index is 0.348. The maximum absolute atomic E-state index is 6.00. The summed E-state index contributed by atoms with van der Waals surface area (Å²) < 4.78 is 10.5. The average Bonchev–Trinajstić information content (AvgIpc) is 2.97. The highest BCUT2D eigenvalue weighted by Gasteiger charge is 2.22. The summed E-state index contributed by atoms with van der Waals surface area (Å²) in [4.78, 5) is 4.50. The van der Waals surface area contributed by atoms with Gasteiger partial charge in [0.05, 0.1) is 17.9 Å². The van der Waals surface area contributed by atoms with E-state index in [-0.39, 0.29) is 0 Å². The zero-order valence-electron chi connectivity index (χ0n) is 11.3. The molecule has 0 amide bonds. The molecule has 1 atom stereocenters. The summed E-state index contributed by atoms with van der Waals surface area (Å²) in [7, 11) is 1.61. The number of aromatic nitrogens is 2. The van der Waals surface area contributed by atoms with Crippen molar-refractivity contribution in [2.24, 2.45) is 0 Å². The molecule has 0 radical (unpaired) electrons. The van der Waals surface area contributed by atoms with Crippen LogP contribution in [0.2, 0.25) is 0 Å². The van der Waals surface area contributed by atoms with Gasteiger partial charge in [-0.25, -0.2) is 0 Å². The van der Waals surface area contributed by atoms with Gasteiger partial charge in [-0.2, -0.15) is 16.7 Å². The van der Waals surface area contributed by atoms with Crippen LogP contribution in [0.15, 0.2) is 22.7 Å². The maximum Gasteiger partial charge on any atom is 0.260 e. The molecule has 1 fully saturated rings. The summed E-state index contributed by atoms with van der Waals surface area (Å²) in [6.45, 7) is 0. The normalized spacial score (nSPS) is 18.9. The Morgan fingerprint density at radius 1 is 1.40 bits per heavy atom. The molecule has 2 heterocycles. The van der Waals surface area contributed by atoms with Crippen molar-refractivity contribution in [1.29, 1.82) is 0 Å². The lowest BCUT2D eigenvalue weighted by molar-refractivity contribution is 0.414. The second-order valence-corrected chi connectivity index (χ2v) is 6.08. The van der Waals surface area contributed by atoms with Gasteiger partial charge in [0, 0.05) is 11.8 Å². The minimum atomic E-state index is 0.348. The Morgan fingerprint density at radius 2 is 2.30 bits per heavy atom. The highest BCUT2D eigenvalue weighted by molar-refractivity contribution is 7.99. The highest BCUT2D eigenvalue weighted by atomic mass is 32.2. The monoisotopic (exact) mass is 291 g/mol. The zero-order valence-corrected chi connectivity index (χ0v) is 12.2. The first kappa shape index (κ1) is 13.3. The van der Waals surface area contributed by atoms with Crippen LogP contribution in [-0.4, -0.2) is 23.0 Å². The van der Waals surface area contributed by atoms with Crippen LogP contribution in [0.5, 0.6) is 5.75 Å². The summed E-state index contributed by atoms with van der Waals surface area (Å²) in [5.41, 5.74) is 7.34. The Bertz CT molecular complexity index is 594. The van der Waals surface area contributed by atoms with E-state index in [2.05, 4.69) is 10.1 Å². The third-order valence-electron chi connectivity index (χ3n) is 3.40. The third-order valence-corrected chi connectivity index (χ3v) is 4.77. The largest absolute Gasteiger partial charge is 0.497 e. The SMILES string of the molecule is COc1ccc(-c2nc(C3CCCCS3)no2)c(N)c1. The van der Waals surface area contributed by atoms with Crippen LogP contribution in [-0.2, 0) is 0 Å². The lowest BCUT2D eigenvalue weighted by Gasteiger charge is -2.17. The predicted octanol–water partition coefficient (Wildman–Crippen LogP) is 3.29. The second-order valence-electron chi connectivity index (χ2n) is 4.77. The van der Waals surface area contributed by atoms with Crippen molar-refractivity contribution in [3.63, 3.8) is 0 Å². The van der Waals surface area contributed by atoms with Crippen LogP contribution >= 0.6 is 11.8 Å². The van der Waals surface area contributed by atoms with Crippen LogP contribution in [0.4, 0.5) is 5.69 Å². The van der Waals surface area contributed by atoms with Crippen LogP contribution in [0, 0.1) is 0 Å². The second kappa shape index (κ2) is 5.75. The van der Waals surface area contributed by atoms with Gasteiger partial charge in [0.1, 0.15) is 5.75 Å². The minimum Gasteiger partial charge on any atom is -0.497 e. The Kier molecular flexibility index (Phi) is 3.82. The molecule has 6 heteroatoms. The number of nitrogen functional groups attached to an aromatic ring is 1. The summed E-state index contributed by atoms with van der Waals surface area (Å²) in [6, 6.07) is 5.44. The molecule has 0 bridgehead atoms. The number of nitrogens with two attached hydrogens (primary N) is 1. The molecule has 0 aliphatic carbocycles. The van der Waals surface area contributed by atoms with Gasteiger partial charge in [0.25, 0.3) is 5.89 Å². The fourth-order valence-corrected chi connectivity index (χ4v) is 3.52. The molecule has 1 saturated heterocycles. The molecule has 106 valence electrons. The molecule has 1 aliphatic heterocycles. The topological polar surface area (TPSA) is 74.2 Å². The standard InChI is InChI=1S/C14H17N3O2S/c1-18-9-5-6-10(11(15)8-9)14-16-13(17-19-14)12-4-2-3-7-20-12/h5-6,8,12H,2-4,7,15H2,1H3. The van der Waals surface area contributed by atoms with Crippen LogP contribution in [0.3, 0.4) is 0 Å². The fourth-order valence-electron chi connectivity index (χ4n) is 2.28. The molecule has 5 nitrogen and oxygen atoms in total. The molecule has 0 spiro atoms.